The highest BCUT2D eigenvalue weighted by Crippen LogP contribution is 2.13. The van der Waals surface area contributed by atoms with Gasteiger partial charge in [-0.05, 0) is 12.1 Å². The quantitative estimate of drug-likeness (QED) is 0.572. The number of hydrogen-bond donors (Lipinski definition) is 1. The molecule has 0 bridgehead atoms. The fraction of sp³-hybridized carbons (Fsp3) is 0. The molecule has 1 aromatic rings. The zero-order chi connectivity index (χ0) is 6.81. The van der Waals surface area contributed by atoms with Gasteiger partial charge in [0.25, 0.3) is 0 Å². The molecule has 1 N–H and O–H groups in total. The molecule has 0 aromatic carbocycles. The minimum atomic E-state index is 0.887. The Hall–Kier alpha value is -1.60. The van der Waals surface area contributed by atoms with Crippen LogP contribution in [0.4, 0.5) is 5.69 Å². The average Bonchev–Trinajstić information content (AvgIpc) is 2.05. The summed E-state index contributed by atoms with van der Waals surface area (Å²) in [6.45, 7) is 0. The number of pyridine rings is 1. The van der Waals surface area contributed by atoms with E-state index in [2.05, 4.69) is 21.4 Å². The lowest BCUT2D eigenvalue weighted by Gasteiger charge is -2.03. The zero-order valence-corrected chi connectivity index (χ0v) is 5.20. The smallest absolute Gasteiger partial charge is 0.0973 e. The van der Waals surface area contributed by atoms with Crippen LogP contribution in [0, 0.1) is 0 Å². The summed E-state index contributed by atoms with van der Waals surface area (Å²) in [5.74, 6) is 2.67. The maximum absolute atomic E-state index is 4.08. The first-order valence-corrected chi connectivity index (χ1v) is 2.96. The minimum absolute atomic E-state index is 0.887. The summed E-state index contributed by atoms with van der Waals surface area (Å²) in [6, 6.07) is 3.78. The number of nitrogens with zero attached hydrogens (tertiary/aromatic N) is 2. The molecule has 0 fully saturated rings. The van der Waals surface area contributed by atoms with Gasteiger partial charge in [-0.1, -0.05) is 0 Å². The molecular formula is C7H5N3. The predicted molar refractivity (Wildman–Crippen MR) is 39.8 cm³/mol. The average molecular weight is 131 g/mol. The second kappa shape index (κ2) is 1.97. The van der Waals surface area contributed by atoms with Crippen molar-refractivity contribution in [2.75, 3.05) is 5.43 Å². The van der Waals surface area contributed by atoms with Crippen molar-refractivity contribution in [2.24, 2.45) is 5.10 Å². The van der Waals surface area contributed by atoms with E-state index in [1.165, 1.54) is 0 Å². The van der Waals surface area contributed by atoms with Crippen LogP contribution < -0.4 is 5.43 Å². The Bertz CT molecular complexity index is 310. The standard InChI is InChI=1S/C7H5N3/c1-2-7-6(8-4-1)3-5-9-10-7/h1-4,10H. The van der Waals surface area contributed by atoms with Crippen molar-refractivity contribution in [1.82, 2.24) is 4.98 Å². The normalized spacial score (nSPS) is 12.4. The Kier molecular flexibility index (Phi) is 1.03. The van der Waals surface area contributed by atoms with Crippen molar-refractivity contribution < 1.29 is 0 Å². The first kappa shape index (κ1) is 5.21. The molecule has 3 heteroatoms. The van der Waals surface area contributed by atoms with E-state index in [-0.39, 0.29) is 0 Å². The molecule has 0 amide bonds. The van der Waals surface area contributed by atoms with Crippen molar-refractivity contribution in [1.29, 1.82) is 0 Å². The zero-order valence-electron chi connectivity index (χ0n) is 5.20. The summed E-state index contributed by atoms with van der Waals surface area (Å²) in [5.41, 5.74) is 4.60. The Morgan fingerprint density at radius 1 is 1.50 bits per heavy atom. The van der Waals surface area contributed by atoms with E-state index in [1.807, 2.05) is 12.1 Å². The van der Waals surface area contributed by atoms with Crippen molar-refractivity contribution in [3.63, 3.8) is 0 Å². The van der Waals surface area contributed by atoms with Gasteiger partial charge in [-0.25, -0.2) is 0 Å². The van der Waals surface area contributed by atoms with Gasteiger partial charge in [-0.15, -0.1) is 5.10 Å². The van der Waals surface area contributed by atoms with Crippen molar-refractivity contribution in [3.05, 3.63) is 24.0 Å². The molecule has 2 heterocycles. The van der Waals surface area contributed by atoms with Gasteiger partial charge in [0.05, 0.1) is 11.4 Å². The summed E-state index contributed by atoms with van der Waals surface area (Å²) < 4.78 is 0. The summed E-state index contributed by atoms with van der Waals surface area (Å²) in [7, 11) is 0. The third-order valence-electron chi connectivity index (χ3n) is 1.28. The fourth-order valence-corrected chi connectivity index (χ4v) is 0.813. The second-order valence-electron chi connectivity index (χ2n) is 1.93. The summed E-state index contributed by atoms with van der Waals surface area (Å²) in [5, 5.41) is 3.72. The van der Waals surface area contributed by atoms with Gasteiger partial charge in [0.2, 0.25) is 0 Å². The Morgan fingerprint density at radius 2 is 2.50 bits per heavy atom. The molecule has 0 saturated heterocycles. The van der Waals surface area contributed by atoms with Crippen LogP contribution >= 0.6 is 0 Å². The minimum Gasteiger partial charge on any atom is -0.268 e. The fourth-order valence-electron chi connectivity index (χ4n) is 0.813. The first-order chi connectivity index (χ1) is 4.97. The molecule has 0 radical (unpaired) electrons. The number of hydrogen-bond acceptors (Lipinski definition) is 3. The van der Waals surface area contributed by atoms with Gasteiger partial charge in [0, 0.05) is 18.1 Å². The Labute approximate surface area is 58.1 Å². The number of rotatable bonds is 0. The molecule has 10 heavy (non-hydrogen) atoms. The van der Waals surface area contributed by atoms with Gasteiger partial charge in [0.1, 0.15) is 0 Å². The summed E-state index contributed by atoms with van der Waals surface area (Å²) in [4.78, 5) is 4.08. The molecule has 3 nitrogen and oxygen atoms in total. The van der Waals surface area contributed by atoms with E-state index < -0.39 is 0 Å². The molecule has 1 aromatic heterocycles. The highest BCUT2D eigenvalue weighted by molar-refractivity contribution is 5.84. The molecule has 1 aliphatic rings. The number of anilines is 1. The Balaban J connectivity index is 2.63. The Morgan fingerprint density at radius 3 is 3.40 bits per heavy atom. The van der Waals surface area contributed by atoms with Crippen LogP contribution in [-0.4, -0.2) is 10.9 Å². The van der Waals surface area contributed by atoms with Crippen LogP contribution in [0.2, 0.25) is 0 Å². The van der Waals surface area contributed by atoms with E-state index in [0.29, 0.717) is 0 Å². The van der Waals surface area contributed by atoms with Crippen LogP contribution in [0.1, 0.15) is 5.69 Å². The highest BCUT2D eigenvalue weighted by Gasteiger charge is 1.99. The molecule has 1 aliphatic heterocycles. The second-order valence-corrected chi connectivity index (χ2v) is 1.93. The lowest BCUT2D eigenvalue weighted by atomic mass is 10.3. The third kappa shape index (κ3) is 0.694. The van der Waals surface area contributed by atoms with Crippen LogP contribution in [0.5, 0.6) is 0 Å². The molecular weight excluding hydrogens is 126 g/mol. The van der Waals surface area contributed by atoms with Gasteiger partial charge < -0.3 is 0 Å². The lowest BCUT2D eigenvalue weighted by molar-refractivity contribution is 1.24. The van der Waals surface area contributed by atoms with Crippen LogP contribution in [0.25, 0.3) is 6.08 Å². The summed E-state index contributed by atoms with van der Waals surface area (Å²) in [6.07, 6.45) is 3.48. The molecule has 0 spiro atoms. The predicted octanol–water partition coefficient (Wildman–Crippen LogP) is 1.10. The number of hydrazone groups is 1. The highest BCUT2D eigenvalue weighted by atomic mass is 15.3. The molecule has 0 atom stereocenters. The summed E-state index contributed by atoms with van der Waals surface area (Å²) >= 11 is 0. The number of nitrogens with one attached hydrogen (secondary N) is 1. The molecule has 0 aliphatic carbocycles. The largest absolute Gasteiger partial charge is 0.268 e. The number of aromatic nitrogens is 1. The maximum atomic E-state index is 4.08. The first-order valence-electron chi connectivity index (χ1n) is 2.96. The molecule has 2 rings (SSSR count). The van der Waals surface area contributed by atoms with Crippen molar-refractivity contribution >= 4 is 17.6 Å². The van der Waals surface area contributed by atoms with E-state index in [0.717, 1.165) is 11.4 Å². The molecule has 0 unspecified atom stereocenters. The van der Waals surface area contributed by atoms with E-state index in [1.54, 1.807) is 12.3 Å². The topological polar surface area (TPSA) is 37.3 Å². The van der Waals surface area contributed by atoms with Gasteiger partial charge in [0.15, 0.2) is 0 Å². The van der Waals surface area contributed by atoms with Crippen molar-refractivity contribution in [2.45, 2.75) is 0 Å². The SMILES string of the molecule is C1=Cc2ncccc2NN=1. The molecule has 48 valence electrons. The van der Waals surface area contributed by atoms with Crippen molar-refractivity contribution in [3.8, 4) is 0 Å². The van der Waals surface area contributed by atoms with Gasteiger partial charge >= 0.3 is 0 Å². The maximum Gasteiger partial charge on any atom is 0.0973 e. The van der Waals surface area contributed by atoms with Gasteiger partial charge in [-0.2, -0.15) is 0 Å². The van der Waals surface area contributed by atoms with E-state index in [9.17, 15) is 0 Å². The van der Waals surface area contributed by atoms with Crippen LogP contribution in [-0.2, 0) is 0 Å². The van der Waals surface area contributed by atoms with Crippen LogP contribution in [0.15, 0.2) is 23.4 Å². The van der Waals surface area contributed by atoms with E-state index >= 15 is 0 Å². The molecule has 0 saturated carbocycles. The monoisotopic (exact) mass is 131 g/mol. The number of fused-ring (bicyclic) bond motifs is 1. The van der Waals surface area contributed by atoms with E-state index in [4.69, 9.17) is 0 Å². The van der Waals surface area contributed by atoms with Crippen LogP contribution in [0.3, 0.4) is 0 Å². The lowest BCUT2D eigenvalue weighted by Crippen LogP contribution is -1.96. The van der Waals surface area contributed by atoms with Gasteiger partial charge in [-0.3, -0.25) is 10.4 Å². The third-order valence-corrected chi connectivity index (χ3v) is 1.28.